The molecule has 0 unspecified atom stereocenters. The van der Waals surface area contributed by atoms with Crippen LogP contribution in [0.3, 0.4) is 0 Å². The Morgan fingerprint density at radius 3 is 1.24 bits per heavy atom. The highest BCUT2D eigenvalue weighted by Gasteiger charge is 2.37. The van der Waals surface area contributed by atoms with Gasteiger partial charge >= 0.3 is 0 Å². The summed E-state index contributed by atoms with van der Waals surface area (Å²) in [7, 11) is 0. The number of benzene rings is 6. The van der Waals surface area contributed by atoms with Crippen molar-refractivity contribution in [3.05, 3.63) is 126 Å². The van der Waals surface area contributed by atoms with Gasteiger partial charge in [-0.15, -0.1) is 0 Å². The highest BCUT2D eigenvalue weighted by atomic mass is 35.5. The Morgan fingerprint density at radius 1 is 0.510 bits per heavy atom. The molecule has 0 atom stereocenters. The molecule has 1 nitrogen and oxygen atoms in total. The van der Waals surface area contributed by atoms with Crippen LogP contribution in [0.1, 0.15) is 50.7 Å². The predicted molar refractivity (Wildman–Crippen MR) is 215 cm³/mol. The number of nitrogens with zero attached hydrogens (tertiary/aromatic N) is 1. The summed E-state index contributed by atoms with van der Waals surface area (Å²) in [4.78, 5) is 0. The topological polar surface area (TPSA) is 0 Å². The molecule has 0 amide bonds. The molecule has 0 N–H and O–H groups in total. The molecule has 250 valence electrons. The van der Waals surface area contributed by atoms with Crippen molar-refractivity contribution in [2.45, 2.75) is 52.6 Å². The van der Waals surface area contributed by atoms with E-state index in [-0.39, 0.29) is 0 Å². The maximum absolute atomic E-state index is 6.73. The minimum Gasteiger partial charge on any atom is -0.316 e. The molecule has 7 heteroatoms. The summed E-state index contributed by atoms with van der Waals surface area (Å²) in [5, 5.41) is 7.26. The third kappa shape index (κ3) is 6.47. The molecule has 1 aliphatic rings. The van der Waals surface area contributed by atoms with Gasteiger partial charge in [-0.05, 0) is 93.0 Å². The van der Waals surface area contributed by atoms with Crippen LogP contribution in [0.15, 0.2) is 84.9 Å². The second kappa shape index (κ2) is 14.3. The van der Waals surface area contributed by atoms with E-state index in [0.29, 0.717) is 30.1 Å². The lowest BCUT2D eigenvalue weighted by Gasteiger charge is -2.39. The van der Waals surface area contributed by atoms with Gasteiger partial charge in [0.2, 0.25) is 0 Å². The highest BCUT2D eigenvalue weighted by Crippen LogP contribution is 2.51. The fraction of sp³-hybridized carbons (Fsp3) is 0.238. The van der Waals surface area contributed by atoms with Gasteiger partial charge in [0.15, 0.2) is 0 Å². The molecular weight excluding hydrogens is 731 g/mol. The van der Waals surface area contributed by atoms with Crippen LogP contribution in [0.2, 0.25) is 30.1 Å². The van der Waals surface area contributed by atoms with Crippen LogP contribution in [-0.4, -0.2) is 17.6 Å². The van der Waals surface area contributed by atoms with E-state index in [4.69, 9.17) is 69.6 Å². The minimum atomic E-state index is 0.372. The number of hydrogen-bond acceptors (Lipinski definition) is 0. The van der Waals surface area contributed by atoms with E-state index in [1.165, 1.54) is 33.0 Å². The average molecular weight is 767 g/mol. The molecule has 6 aromatic carbocycles. The second-order valence-corrected chi connectivity index (χ2v) is 15.7. The zero-order chi connectivity index (χ0) is 34.4. The molecule has 0 fully saturated rings. The first kappa shape index (κ1) is 35.0. The van der Waals surface area contributed by atoms with E-state index in [0.717, 1.165) is 89.4 Å². The summed E-state index contributed by atoms with van der Waals surface area (Å²) >= 11 is 39.9. The molecule has 6 aromatic rings. The quantitative estimate of drug-likeness (QED) is 0.107. The van der Waals surface area contributed by atoms with Crippen LogP contribution in [0.25, 0.3) is 54.9 Å². The van der Waals surface area contributed by atoms with Crippen LogP contribution in [0, 0.1) is 0 Å². The minimum absolute atomic E-state index is 0.372. The first-order valence-corrected chi connectivity index (χ1v) is 19.2. The lowest BCUT2D eigenvalue weighted by atomic mass is 9.82. The zero-order valence-electron chi connectivity index (χ0n) is 27.5. The third-order valence-electron chi connectivity index (χ3n) is 10.1. The summed E-state index contributed by atoms with van der Waals surface area (Å²) in [6.45, 7) is 8.39. The van der Waals surface area contributed by atoms with Crippen molar-refractivity contribution in [3.63, 3.8) is 0 Å². The molecule has 0 radical (unpaired) electrons. The Kier molecular flexibility index (Phi) is 10.2. The summed E-state index contributed by atoms with van der Waals surface area (Å²) in [6, 6.07) is 29.9. The van der Waals surface area contributed by atoms with Gasteiger partial charge in [-0.3, -0.25) is 0 Å². The fourth-order valence-corrected chi connectivity index (χ4v) is 8.95. The number of halogens is 6. The van der Waals surface area contributed by atoms with Gasteiger partial charge in [0, 0.05) is 22.3 Å². The van der Waals surface area contributed by atoms with E-state index >= 15 is 0 Å². The lowest BCUT2D eigenvalue weighted by molar-refractivity contribution is -0.953. The first-order valence-electron chi connectivity index (χ1n) is 16.9. The Labute approximate surface area is 318 Å². The van der Waals surface area contributed by atoms with Crippen LogP contribution < -0.4 is 0 Å². The highest BCUT2D eigenvalue weighted by molar-refractivity contribution is 6.49. The van der Waals surface area contributed by atoms with Gasteiger partial charge < -0.3 is 4.48 Å². The van der Waals surface area contributed by atoms with Crippen molar-refractivity contribution in [2.75, 3.05) is 13.1 Å². The molecule has 1 heterocycles. The smallest absolute Gasteiger partial charge is 0.106 e. The van der Waals surface area contributed by atoms with Crippen LogP contribution in [-0.2, 0) is 13.1 Å². The van der Waals surface area contributed by atoms with Crippen LogP contribution >= 0.6 is 69.6 Å². The molecule has 0 aromatic heterocycles. The molecular formula is C42H36Cl6N+. The van der Waals surface area contributed by atoms with E-state index in [1.807, 2.05) is 24.3 Å². The van der Waals surface area contributed by atoms with Crippen molar-refractivity contribution in [2.24, 2.45) is 0 Å². The molecule has 0 spiro atoms. The maximum Gasteiger partial charge on any atom is 0.106 e. The Hall–Kier alpha value is -2.46. The van der Waals surface area contributed by atoms with Gasteiger partial charge in [-0.2, -0.15) is 0 Å². The molecule has 49 heavy (non-hydrogen) atoms. The molecule has 0 aliphatic carbocycles. The molecule has 0 saturated heterocycles. The largest absolute Gasteiger partial charge is 0.316 e. The van der Waals surface area contributed by atoms with Gasteiger partial charge in [-0.25, -0.2) is 0 Å². The molecule has 0 saturated carbocycles. The second-order valence-electron chi connectivity index (χ2n) is 13.3. The first-order chi connectivity index (χ1) is 23.6. The van der Waals surface area contributed by atoms with Crippen molar-refractivity contribution in [1.82, 2.24) is 0 Å². The Balaban J connectivity index is 1.69. The summed E-state index contributed by atoms with van der Waals surface area (Å²) in [5.74, 6) is 0. The molecule has 0 bridgehead atoms. The third-order valence-corrected chi connectivity index (χ3v) is 12.5. The van der Waals surface area contributed by atoms with Crippen molar-refractivity contribution < 1.29 is 4.48 Å². The average Bonchev–Trinajstić information content (AvgIpc) is 3.25. The van der Waals surface area contributed by atoms with E-state index in [9.17, 15) is 0 Å². The normalized spacial score (nSPS) is 13.8. The van der Waals surface area contributed by atoms with Crippen molar-refractivity contribution in [3.8, 4) is 33.4 Å². The van der Waals surface area contributed by atoms with Gasteiger partial charge in [0.1, 0.15) is 13.1 Å². The molecule has 7 rings (SSSR count). The number of unbranched alkanes of at least 4 members (excludes halogenated alkanes) is 2. The van der Waals surface area contributed by atoms with Crippen LogP contribution in [0.5, 0.6) is 0 Å². The van der Waals surface area contributed by atoms with E-state index in [2.05, 4.69) is 74.5 Å². The SMILES string of the molecule is CCCC[N+]1(CCCC)Cc2c(-c3cc(Cl)c(Cl)c(Cl)c3)cc3ccccc3c2-c2c(c(-c3cc(Cl)c(Cl)c(Cl)c3)cc3ccccc23)C1. The monoisotopic (exact) mass is 764 g/mol. The van der Waals surface area contributed by atoms with Crippen molar-refractivity contribution in [1.29, 1.82) is 0 Å². The summed E-state index contributed by atoms with van der Waals surface area (Å²) in [5.41, 5.74) is 9.29. The fourth-order valence-electron chi connectivity index (χ4n) is 7.76. The van der Waals surface area contributed by atoms with Gasteiger partial charge in [-0.1, -0.05) is 145 Å². The van der Waals surface area contributed by atoms with E-state index < -0.39 is 0 Å². The predicted octanol–water partition coefficient (Wildman–Crippen LogP) is 15.3. The zero-order valence-corrected chi connectivity index (χ0v) is 32.0. The summed E-state index contributed by atoms with van der Waals surface area (Å²) in [6.07, 6.45) is 4.48. The summed E-state index contributed by atoms with van der Waals surface area (Å²) < 4.78 is 0.919. The Bertz CT molecular complexity index is 2040. The van der Waals surface area contributed by atoms with Crippen LogP contribution in [0.4, 0.5) is 0 Å². The maximum atomic E-state index is 6.73. The number of hydrogen-bond donors (Lipinski definition) is 0. The van der Waals surface area contributed by atoms with Gasteiger partial charge in [0.05, 0.1) is 43.2 Å². The number of rotatable bonds is 8. The Morgan fingerprint density at radius 2 is 0.878 bits per heavy atom. The number of fused-ring (bicyclic) bond motifs is 7. The standard InChI is InChI=1S/C42H36Cl6N/c1-3-5-15-49(16-6-4-2)23-33-31(27-19-35(43)41(47)36(44)20-27)17-25-11-7-9-13-29(25)39(33)40-30-14-10-8-12-26(30)18-32(34(40)24-49)28-21-37(45)42(48)38(46)22-28/h7-14,17-22H,3-6,15-16,23-24H2,1-2H3/q+1. The van der Waals surface area contributed by atoms with E-state index in [1.54, 1.807) is 0 Å². The number of quaternary nitrogens is 1. The molecule has 1 aliphatic heterocycles. The van der Waals surface area contributed by atoms with Crippen molar-refractivity contribution >= 4 is 91.2 Å². The lowest BCUT2D eigenvalue weighted by Crippen LogP contribution is -2.47. The van der Waals surface area contributed by atoms with Gasteiger partial charge in [0.25, 0.3) is 0 Å².